The van der Waals surface area contributed by atoms with Gasteiger partial charge in [0.05, 0.1) is 6.04 Å². The molecule has 2 N–H and O–H groups in total. The molecule has 7 heteroatoms. The van der Waals surface area contributed by atoms with E-state index < -0.39 is 5.82 Å². The zero-order valence-corrected chi connectivity index (χ0v) is 13.2. The van der Waals surface area contributed by atoms with Crippen molar-refractivity contribution < 1.29 is 8.78 Å². The van der Waals surface area contributed by atoms with Gasteiger partial charge in [-0.05, 0) is 44.0 Å². The third-order valence-electron chi connectivity index (χ3n) is 4.60. The van der Waals surface area contributed by atoms with Crippen LogP contribution in [0.4, 0.5) is 20.4 Å². The number of nitrogen functional groups attached to an aromatic ring is 1. The highest BCUT2D eigenvalue weighted by atomic mass is 19.1. The summed E-state index contributed by atoms with van der Waals surface area (Å²) in [6.07, 6.45) is 3.44. The molecule has 24 heavy (non-hydrogen) atoms. The zero-order chi connectivity index (χ0) is 16.8. The van der Waals surface area contributed by atoms with E-state index in [9.17, 15) is 8.78 Å². The molecule has 1 unspecified atom stereocenters. The number of nitrogens with two attached hydrogens (primary N) is 1. The molecular weight excluding hydrogens is 312 g/mol. The average molecular weight is 329 g/mol. The highest BCUT2D eigenvalue weighted by Gasteiger charge is 2.30. The van der Waals surface area contributed by atoms with Gasteiger partial charge in [-0.3, -0.25) is 0 Å². The smallest absolute Gasteiger partial charge is 0.162 e. The number of fused-ring (bicyclic) bond motifs is 1. The third kappa shape index (κ3) is 2.28. The first-order valence-corrected chi connectivity index (χ1v) is 7.87. The standard InChI is InChI=1S/C17H17F2N5/c1-10-16(20)22-24-8-6-15(21-17(10)24)23-7-2-3-14(23)12-9-11(18)4-5-13(12)19/h4-6,8-9,14H,2-3,7H2,1H3,(H2,20,22). The van der Waals surface area contributed by atoms with Crippen LogP contribution in [0.2, 0.25) is 0 Å². The van der Waals surface area contributed by atoms with Crippen LogP contribution in [0, 0.1) is 18.6 Å². The number of halogens is 2. The minimum atomic E-state index is -0.430. The second kappa shape index (κ2) is 5.43. The Morgan fingerprint density at radius 2 is 2.08 bits per heavy atom. The molecule has 3 aromatic rings. The Morgan fingerprint density at radius 1 is 1.25 bits per heavy atom. The van der Waals surface area contributed by atoms with Crippen molar-refractivity contribution in [2.75, 3.05) is 17.2 Å². The molecule has 1 saturated heterocycles. The number of rotatable bonds is 2. The first-order valence-electron chi connectivity index (χ1n) is 7.87. The molecule has 0 radical (unpaired) electrons. The van der Waals surface area contributed by atoms with E-state index in [1.165, 1.54) is 12.1 Å². The fourth-order valence-electron chi connectivity index (χ4n) is 3.34. The minimum absolute atomic E-state index is 0.226. The second-order valence-electron chi connectivity index (χ2n) is 6.08. The van der Waals surface area contributed by atoms with E-state index in [0.29, 0.717) is 17.0 Å². The number of nitrogens with zero attached hydrogens (tertiary/aromatic N) is 4. The molecule has 1 aromatic carbocycles. The Hall–Kier alpha value is -2.70. The zero-order valence-electron chi connectivity index (χ0n) is 13.2. The molecule has 3 heterocycles. The molecule has 1 atom stereocenters. The Kier molecular flexibility index (Phi) is 3.37. The molecule has 1 fully saturated rings. The summed E-state index contributed by atoms with van der Waals surface area (Å²) in [4.78, 5) is 6.65. The lowest BCUT2D eigenvalue weighted by atomic mass is 10.0. The van der Waals surface area contributed by atoms with Crippen molar-refractivity contribution in [3.05, 3.63) is 53.2 Å². The van der Waals surface area contributed by atoms with Crippen molar-refractivity contribution in [1.82, 2.24) is 14.6 Å². The van der Waals surface area contributed by atoms with Crippen molar-refractivity contribution in [2.24, 2.45) is 0 Å². The van der Waals surface area contributed by atoms with Crippen molar-refractivity contribution in [3.8, 4) is 0 Å². The van der Waals surface area contributed by atoms with E-state index in [1.807, 2.05) is 17.9 Å². The van der Waals surface area contributed by atoms with Gasteiger partial charge in [0.15, 0.2) is 11.5 Å². The van der Waals surface area contributed by atoms with Crippen LogP contribution >= 0.6 is 0 Å². The fourth-order valence-corrected chi connectivity index (χ4v) is 3.34. The molecule has 0 spiro atoms. The maximum atomic E-state index is 14.2. The number of anilines is 2. The van der Waals surface area contributed by atoms with Gasteiger partial charge in [0, 0.05) is 23.9 Å². The number of aryl methyl sites for hydroxylation is 1. The van der Waals surface area contributed by atoms with E-state index >= 15 is 0 Å². The van der Waals surface area contributed by atoms with Crippen LogP contribution in [0.3, 0.4) is 0 Å². The van der Waals surface area contributed by atoms with Crippen LogP contribution in [0.1, 0.15) is 30.0 Å². The summed E-state index contributed by atoms with van der Waals surface area (Å²) >= 11 is 0. The predicted octanol–water partition coefficient (Wildman–Crippen LogP) is 3.24. The normalized spacial score (nSPS) is 17.8. The summed E-state index contributed by atoms with van der Waals surface area (Å²) in [7, 11) is 0. The van der Waals surface area contributed by atoms with Crippen molar-refractivity contribution in [2.45, 2.75) is 25.8 Å². The highest BCUT2D eigenvalue weighted by Crippen LogP contribution is 2.37. The van der Waals surface area contributed by atoms with E-state index in [2.05, 4.69) is 10.1 Å². The topological polar surface area (TPSA) is 59.4 Å². The van der Waals surface area contributed by atoms with Gasteiger partial charge in [-0.1, -0.05) is 0 Å². The Balaban J connectivity index is 1.77. The van der Waals surface area contributed by atoms with Crippen molar-refractivity contribution in [3.63, 3.8) is 0 Å². The molecule has 124 valence electrons. The lowest BCUT2D eigenvalue weighted by Gasteiger charge is -2.26. The van der Waals surface area contributed by atoms with Gasteiger partial charge in [0.2, 0.25) is 0 Å². The number of benzene rings is 1. The first-order chi connectivity index (χ1) is 11.5. The van der Waals surface area contributed by atoms with Crippen LogP contribution in [0.15, 0.2) is 30.5 Å². The fraction of sp³-hybridized carbons (Fsp3) is 0.294. The largest absolute Gasteiger partial charge is 0.382 e. The average Bonchev–Trinajstić information content (AvgIpc) is 3.15. The number of hydrogen-bond acceptors (Lipinski definition) is 4. The molecule has 0 aliphatic carbocycles. The summed E-state index contributed by atoms with van der Waals surface area (Å²) in [5.41, 5.74) is 7.69. The SMILES string of the molecule is Cc1c(N)nn2ccc(N3CCCC3c3cc(F)ccc3F)nc12. The maximum absolute atomic E-state index is 14.2. The molecule has 1 aliphatic heterocycles. The molecule has 4 rings (SSSR count). The molecule has 0 bridgehead atoms. The summed E-state index contributed by atoms with van der Waals surface area (Å²) < 4.78 is 29.4. The van der Waals surface area contributed by atoms with E-state index in [0.717, 1.165) is 36.8 Å². The summed E-state index contributed by atoms with van der Waals surface area (Å²) in [5, 5.41) is 4.19. The van der Waals surface area contributed by atoms with Crippen LogP contribution in [-0.2, 0) is 0 Å². The van der Waals surface area contributed by atoms with Gasteiger partial charge in [-0.25, -0.2) is 18.3 Å². The van der Waals surface area contributed by atoms with Gasteiger partial charge in [0.1, 0.15) is 17.5 Å². The van der Waals surface area contributed by atoms with Crippen molar-refractivity contribution >= 4 is 17.3 Å². The lowest BCUT2D eigenvalue weighted by Crippen LogP contribution is -2.24. The molecule has 2 aromatic heterocycles. The van der Waals surface area contributed by atoms with Gasteiger partial charge >= 0.3 is 0 Å². The first kappa shape index (κ1) is 14.9. The van der Waals surface area contributed by atoms with Crippen LogP contribution in [0.25, 0.3) is 5.65 Å². The minimum Gasteiger partial charge on any atom is -0.382 e. The van der Waals surface area contributed by atoms with Gasteiger partial charge in [0.25, 0.3) is 0 Å². The van der Waals surface area contributed by atoms with Crippen LogP contribution < -0.4 is 10.6 Å². The third-order valence-corrected chi connectivity index (χ3v) is 4.60. The Bertz CT molecular complexity index is 921. The second-order valence-corrected chi connectivity index (χ2v) is 6.08. The summed E-state index contributed by atoms with van der Waals surface area (Å²) in [6.45, 7) is 2.61. The van der Waals surface area contributed by atoms with Gasteiger partial charge < -0.3 is 10.6 Å². The van der Waals surface area contributed by atoms with Gasteiger partial charge in [-0.2, -0.15) is 0 Å². The van der Waals surface area contributed by atoms with E-state index in [4.69, 9.17) is 5.73 Å². The quantitative estimate of drug-likeness (QED) is 0.784. The summed E-state index contributed by atoms with van der Waals surface area (Å²) in [5.74, 6) is 0.339. The molecule has 5 nitrogen and oxygen atoms in total. The van der Waals surface area contributed by atoms with Gasteiger partial charge in [-0.15, -0.1) is 5.10 Å². The van der Waals surface area contributed by atoms with Crippen molar-refractivity contribution in [1.29, 1.82) is 0 Å². The van der Waals surface area contributed by atoms with E-state index in [1.54, 1.807) is 10.7 Å². The molecular formula is C17H17F2N5. The van der Waals surface area contributed by atoms with Crippen LogP contribution in [-0.4, -0.2) is 21.1 Å². The summed E-state index contributed by atoms with van der Waals surface area (Å²) in [6, 6.07) is 5.20. The highest BCUT2D eigenvalue weighted by molar-refractivity contribution is 5.61. The molecule has 1 aliphatic rings. The monoisotopic (exact) mass is 329 g/mol. The van der Waals surface area contributed by atoms with Crippen LogP contribution in [0.5, 0.6) is 0 Å². The predicted molar refractivity (Wildman–Crippen MR) is 87.8 cm³/mol. The number of hydrogen-bond donors (Lipinski definition) is 1. The Labute approximate surface area is 137 Å². The van der Waals surface area contributed by atoms with E-state index in [-0.39, 0.29) is 11.9 Å². The molecule has 0 amide bonds. The number of aromatic nitrogens is 3. The maximum Gasteiger partial charge on any atom is 0.162 e. The molecule has 0 saturated carbocycles. The lowest BCUT2D eigenvalue weighted by molar-refractivity contribution is 0.560. The Morgan fingerprint density at radius 3 is 2.92 bits per heavy atom.